The minimum Gasteiger partial charge on any atom is -0.508 e. The number of aromatic hydroxyl groups is 1. The number of ether oxygens (including phenoxy) is 1. The molecule has 0 aliphatic heterocycles. The Morgan fingerprint density at radius 2 is 1.83 bits per heavy atom. The molecular formula is C22H23N5O2. The monoisotopic (exact) mass is 389 g/mol. The van der Waals surface area contributed by atoms with Crippen molar-refractivity contribution in [2.45, 2.75) is 13.5 Å². The standard InChI is InChI=1S/C22H23N5O2/c1-13-20(26-22(23)27-21(13)15(3)29-4)14(2)24-12-17-8-6-10-19(25-17)16-7-5-9-18(28)11-16/h5-11,24,28H,2-3,12H2,1,4H3,(H2,23,26,27). The number of anilines is 1. The Bertz CT molecular complexity index is 1080. The molecule has 7 nitrogen and oxygen atoms in total. The van der Waals surface area contributed by atoms with Crippen LogP contribution in [0.1, 0.15) is 22.6 Å². The van der Waals surface area contributed by atoms with E-state index in [0.717, 1.165) is 22.5 Å². The fourth-order valence-corrected chi connectivity index (χ4v) is 2.88. The van der Waals surface area contributed by atoms with E-state index in [4.69, 9.17) is 10.5 Å². The van der Waals surface area contributed by atoms with Crippen LogP contribution in [0.5, 0.6) is 5.75 Å². The summed E-state index contributed by atoms with van der Waals surface area (Å²) in [7, 11) is 1.53. The zero-order valence-electron chi connectivity index (χ0n) is 16.4. The largest absolute Gasteiger partial charge is 0.508 e. The van der Waals surface area contributed by atoms with E-state index in [9.17, 15) is 5.11 Å². The molecule has 2 heterocycles. The third-order valence-corrected chi connectivity index (χ3v) is 4.39. The van der Waals surface area contributed by atoms with Crippen molar-refractivity contribution in [3.63, 3.8) is 0 Å². The predicted molar refractivity (Wildman–Crippen MR) is 114 cm³/mol. The van der Waals surface area contributed by atoms with Crippen molar-refractivity contribution in [3.05, 3.63) is 78.3 Å². The van der Waals surface area contributed by atoms with Crippen LogP contribution < -0.4 is 11.1 Å². The fourth-order valence-electron chi connectivity index (χ4n) is 2.88. The van der Waals surface area contributed by atoms with Gasteiger partial charge >= 0.3 is 0 Å². The molecule has 0 aliphatic carbocycles. The average molecular weight is 389 g/mol. The molecule has 0 saturated heterocycles. The Morgan fingerprint density at radius 1 is 1.10 bits per heavy atom. The molecule has 0 radical (unpaired) electrons. The van der Waals surface area contributed by atoms with Gasteiger partial charge in [0.25, 0.3) is 0 Å². The van der Waals surface area contributed by atoms with Crippen LogP contribution in [0.25, 0.3) is 22.7 Å². The number of aromatic nitrogens is 3. The summed E-state index contributed by atoms with van der Waals surface area (Å²) in [6, 6.07) is 12.7. The molecule has 0 spiro atoms. The Kier molecular flexibility index (Phi) is 5.78. The molecule has 0 bridgehead atoms. The van der Waals surface area contributed by atoms with Gasteiger partial charge in [0.2, 0.25) is 5.95 Å². The number of hydrogen-bond donors (Lipinski definition) is 3. The first-order valence-electron chi connectivity index (χ1n) is 8.95. The van der Waals surface area contributed by atoms with E-state index in [1.807, 2.05) is 31.2 Å². The lowest BCUT2D eigenvalue weighted by Crippen LogP contribution is -2.16. The second-order valence-electron chi connectivity index (χ2n) is 6.43. The van der Waals surface area contributed by atoms with Crippen molar-refractivity contribution >= 4 is 17.4 Å². The molecule has 3 aromatic rings. The molecule has 1 aromatic carbocycles. The topological polar surface area (TPSA) is 106 Å². The number of pyridine rings is 1. The van der Waals surface area contributed by atoms with Gasteiger partial charge in [-0.25, -0.2) is 9.97 Å². The summed E-state index contributed by atoms with van der Waals surface area (Å²) in [5.41, 5.74) is 10.8. The highest BCUT2D eigenvalue weighted by atomic mass is 16.5. The fraction of sp³-hybridized carbons (Fsp3) is 0.136. The van der Waals surface area contributed by atoms with E-state index >= 15 is 0 Å². The van der Waals surface area contributed by atoms with Gasteiger partial charge in [0.05, 0.1) is 36.4 Å². The SMILES string of the molecule is C=C(NCc1cccc(-c2cccc(O)c2)n1)c1nc(N)nc(C(=C)OC)c1C. The third-order valence-electron chi connectivity index (χ3n) is 4.39. The molecule has 29 heavy (non-hydrogen) atoms. The number of rotatable bonds is 7. The van der Waals surface area contributed by atoms with Crippen molar-refractivity contribution < 1.29 is 9.84 Å². The van der Waals surface area contributed by atoms with E-state index < -0.39 is 0 Å². The number of benzene rings is 1. The van der Waals surface area contributed by atoms with Crippen LogP contribution in [0, 0.1) is 6.92 Å². The summed E-state index contributed by atoms with van der Waals surface area (Å²) < 4.78 is 5.18. The first-order chi connectivity index (χ1) is 13.9. The minimum absolute atomic E-state index is 0.116. The molecule has 7 heteroatoms. The highest BCUT2D eigenvalue weighted by Gasteiger charge is 2.15. The molecule has 4 N–H and O–H groups in total. The van der Waals surface area contributed by atoms with Gasteiger partial charge < -0.3 is 20.9 Å². The Morgan fingerprint density at radius 3 is 2.55 bits per heavy atom. The van der Waals surface area contributed by atoms with Gasteiger partial charge in [-0.05, 0) is 31.2 Å². The second kappa shape index (κ2) is 8.43. The summed E-state index contributed by atoms with van der Waals surface area (Å²) in [6.07, 6.45) is 0. The molecule has 2 aromatic heterocycles. The zero-order chi connectivity index (χ0) is 21.0. The highest BCUT2D eigenvalue weighted by molar-refractivity contribution is 5.69. The molecule has 0 unspecified atom stereocenters. The van der Waals surface area contributed by atoms with Crippen molar-refractivity contribution in [2.75, 3.05) is 12.8 Å². The lowest BCUT2D eigenvalue weighted by Gasteiger charge is -2.15. The van der Waals surface area contributed by atoms with Gasteiger partial charge in [-0.3, -0.25) is 4.98 Å². The van der Waals surface area contributed by atoms with Gasteiger partial charge in [0, 0.05) is 11.1 Å². The van der Waals surface area contributed by atoms with Crippen LogP contribution in [-0.4, -0.2) is 27.2 Å². The van der Waals surface area contributed by atoms with E-state index in [1.165, 1.54) is 7.11 Å². The molecule has 3 rings (SSSR count). The van der Waals surface area contributed by atoms with Crippen LogP contribution in [0.4, 0.5) is 5.95 Å². The summed E-state index contributed by atoms with van der Waals surface area (Å²) in [6.45, 7) is 10.2. The highest BCUT2D eigenvalue weighted by Crippen LogP contribution is 2.24. The number of nitrogen functional groups attached to an aromatic ring is 1. The second-order valence-corrected chi connectivity index (χ2v) is 6.43. The Labute approximate surface area is 169 Å². The summed E-state index contributed by atoms with van der Waals surface area (Å²) >= 11 is 0. The molecule has 0 amide bonds. The first-order valence-corrected chi connectivity index (χ1v) is 8.95. The van der Waals surface area contributed by atoms with Crippen LogP contribution >= 0.6 is 0 Å². The van der Waals surface area contributed by atoms with Gasteiger partial charge in [0.15, 0.2) is 0 Å². The first kappa shape index (κ1) is 19.9. The Hall–Kier alpha value is -3.87. The van der Waals surface area contributed by atoms with Gasteiger partial charge in [-0.1, -0.05) is 31.4 Å². The summed E-state index contributed by atoms with van der Waals surface area (Å²) in [5.74, 6) is 0.725. The maximum Gasteiger partial charge on any atom is 0.221 e. The molecule has 148 valence electrons. The zero-order valence-corrected chi connectivity index (χ0v) is 16.4. The minimum atomic E-state index is 0.116. The lowest BCUT2D eigenvalue weighted by atomic mass is 10.1. The number of nitrogens with zero attached hydrogens (tertiary/aromatic N) is 3. The summed E-state index contributed by atoms with van der Waals surface area (Å²) in [5, 5.41) is 12.9. The van der Waals surface area contributed by atoms with E-state index in [0.29, 0.717) is 29.4 Å². The van der Waals surface area contributed by atoms with Crippen molar-refractivity contribution in [3.8, 4) is 17.0 Å². The number of phenolic OH excluding ortho intramolecular Hbond substituents is 1. The molecule has 0 saturated carbocycles. The maximum atomic E-state index is 9.68. The van der Waals surface area contributed by atoms with Crippen LogP contribution in [0.2, 0.25) is 0 Å². The number of phenols is 1. The van der Waals surface area contributed by atoms with E-state index in [2.05, 4.69) is 33.4 Å². The molecule has 0 atom stereocenters. The number of methoxy groups -OCH3 is 1. The lowest BCUT2D eigenvalue weighted by molar-refractivity contribution is 0.369. The van der Waals surface area contributed by atoms with E-state index in [1.54, 1.807) is 18.2 Å². The van der Waals surface area contributed by atoms with Gasteiger partial charge in [-0.15, -0.1) is 0 Å². The van der Waals surface area contributed by atoms with E-state index in [-0.39, 0.29) is 11.7 Å². The molecular weight excluding hydrogens is 366 g/mol. The summed E-state index contributed by atoms with van der Waals surface area (Å²) in [4.78, 5) is 13.1. The van der Waals surface area contributed by atoms with Crippen LogP contribution in [0.3, 0.4) is 0 Å². The van der Waals surface area contributed by atoms with Crippen LogP contribution in [-0.2, 0) is 11.3 Å². The predicted octanol–water partition coefficient (Wildman–Crippen LogP) is 3.51. The van der Waals surface area contributed by atoms with Crippen molar-refractivity contribution in [1.82, 2.24) is 20.3 Å². The average Bonchev–Trinajstić information content (AvgIpc) is 2.73. The third kappa shape index (κ3) is 4.52. The van der Waals surface area contributed by atoms with Gasteiger partial charge in [0.1, 0.15) is 17.2 Å². The maximum absolute atomic E-state index is 9.68. The van der Waals surface area contributed by atoms with Crippen molar-refractivity contribution in [1.29, 1.82) is 0 Å². The van der Waals surface area contributed by atoms with Crippen LogP contribution in [0.15, 0.2) is 55.6 Å². The molecule has 0 fully saturated rings. The quantitative estimate of drug-likeness (QED) is 0.531. The van der Waals surface area contributed by atoms with Crippen molar-refractivity contribution in [2.24, 2.45) is 0 Å². The molecule has 0 aliphatic rings. The number of nitrogens with two attached hydrogens (primary N) is 1. The smallest absolute Gasteiger partial charge is 0.221 e. The normalized spacial score (nSPS) is 10.4. The number of hydrogen-bond acceptors (Lipinski definition) is 7. The Balaban J connectivity index is 1.79. The van der Waals surface area contributed by atoms with Gasteiger partial charge in [-0.2, -0.15) is 0 Å². The number of nitrogens with one attached hydrogen (secondary N) is 1.